The third-order valence-electron chi connectivity index (χ3n) is 2.79. The summed E-state index contributed by atoms with van der Waals surface area (Å²) in [5.41, 5.74) is 1.24. The second-order valence-electron chi connectivity index (χ2n) is 4.32. The highest BCUT2D eigenvalue weighted by Gasteiger charge is 2.07. The monoisotopic (exact) mass is 293 g/mol. The van der Waals surface area contributed by atoms with Crippen molar-refractivity contribution in [3.63, 3.8) is 0 Å². The molecule has 0 aliphatic carbocycles. The average Bonchev–Trinajstić information content (AvgIpc) is 2.42. The molecule has 19 heavy (non-hydrogen) atoms. The van der Waals surface area contributed by atoms with Crippen LogP contribution < -0.4 is 4.74 Å². The third-order valence-corrected chi connectivity index (χ3v) is 3.60. The van der Waals surface area contributed by atoms with Crippen LogP contribution in [-0.2, 0) is 6.42 Å². The maximum absolute atomic E-state index is 6.10. The van der Waals surface area contributed by atoms with E-state index in [0.717, 1.165) is 6.42 Å². The fraction of sp³-hybridized carbons (Fsp3) is 0.250. The summed E-state index contributed by atoms with van der Waals surface area (Å²) < 4.78 is 5.74. The Morgan fingerprint density at radius 1 is 1.21 bits per heavy atom. The molecule has 0 saturated heterocycles. The van der Waals surface area contributed by atoms with Gasteiger partial charge < -0.3 is 4.74 Å². The summed E-state index contributed by atoms with van der Waals surface area (Å²) in [6, 6.07) is 14.3. The molecule has 2 rings (SSSR count). The van der Waals surface area contributed by atoms with Gasteiger partial charge in [0.05, 0.1) is 5.02 Å². The normalized spacial score (nSPS) is 10.5. The van der Waals surface area contributed by atoms with Crippen LogP contribution in [-0.4, -0.2) is 0 Å². The number of halogens is 2. The highest BCUT2D eigenvalue weighted by atomic mass is 35.5. The zero-order chi connectivity index (χ0) is 13.7. The predicted octanol–water partition coefficient (Wildman–Crippen LogP) is 5.93. The van der Waals surface area contributed by atoms with Crippen molar-refractivity contribution in [3.8, 4) is 11.5 Å². The molecule has 2 aromatic carbocycles. The first-order valence-electron chi connectivity index (χ1n) is 6.33. The van der Waals surface area contributed by atoms with Crippen LogP contribution in [0.4, 0.5) is 0 Å². The Bertz CT molecular complexity index is 552. The average molecular weight is 294 g/mol. The Morgan fingerprint density at radius 3 is 2.84 bits per heavy atom. The molecule has 0 atom stereocenters. The van der Waals surface area contributed by atoms with E-state index in [-0.39, 0.29) is 0 Å². The lowest BCUT2D eigenvalue weighted by Gasteiger charge is -2.09. The maximum Gasteiger partial charge on any atom is 0.147 e. The lowest BCUT2D eigenvalue weighted by molar-refractivity contribution is 0.481. The van der Waals surface area contributed by atoms with E-state index in [1.165, 1.54) is 18.4 Å². The van der Waals surface area contributed by atoms with Gasteiger partial charge in [0.2, 0.25) is 0 Å². The van der Waals surface area contributed by atoms with Crippen LogP contribution in [0.5, 0.6) is 11.5 Å². The molecule has 0 spiro atoms. The van der Waals surface area contributed by atoms with Crippen LogP contribution >= 0.6 is 23.2 Å². The summed E-state index contributed by atoms with van der Waals surface area (Å²) in [6.07, 6.45) is 3.39. The standard InChI is InChI=1S/C16H15Cl2O/c1-2-3-6-12-7-4-8-13(11-12)19-15-10-5-9-14(17)16(15)18/h4-5,7,9-11H,2-3,6H2,1H3. The molecule has 0 aromatic heterocycles. The number of unbranched alkanes of at least 4 members (excludes halogenated alkanes) is 1. The van der Waals surface area contributed by atoms with Gasteiger partial charge in [0, 0.05) is 6.07 Å². The molecule has 1 radical (unpaired) electrons. The van der Waals surface area contributed by atoms with Gasteiger partial charge >= 0.3 is 0 Å². The van der Waals surface area contributed by atoms with Crippen molar-refractivity contribution in [1.29, 1.82) is 0 Å². The molecule has 0 aliphatic heterocycles. The number of rotatable bonds is 5. The Morgan fingerprint density at radius 2 is 2.05 bits per heavy atom. The van der Waals surface area contributed by atoms with Crippen LogP contribution in [0, 0.1) is 6.07 Å². The third kappa shape index (κ3) is 3.89. The van der Waals surface area contributed by atoms with Crippen LogP contribution in [0.1, 0.15) is 25.3 Å². The van der Waals surface area contributed by atoms with Crippen molar-refractivity contribution < 1.29 is 4.74 Å². The number of ether oxygens (including phenoxy) is 1. The molecule has 1 nitrogen and oxygen atoms in total. The molecule has 0 amide bonds. The lowest BCUT2D eigenvalue weighted by Crippen LogP contribution is -1.89. The molecule has 0 fully saturated rings. The number of hydrogen-bond donors (Lipinski definition) is 0. The summed E-state index contributed by atoms with van der Waals surface area (Å²) in [4.78, 5) is 0. The Balaban J connectivity index is 2.16. The molecule has 3 heteroatoms. The first-order valence-corrected chi connectivity index (χ1v) is 7.08. The van der Waals surface area contributed by atoms with Crippen LogP contribution in [0.25, 0.3) is 0 Å². The molecule has 2 aromatic rings. The van der Waals surface area contributed by atoms with Gasteiger partial charge in [0.1, 0.15) is 16.5 Å². The molecular weight excluding hydrogens is 279 g/mol. The second kappa shape index (κ2) is 6.83. The molecule has 0 aliphatic rings. The fourth-order valence-electron chi connectivity index (χ4n) is 1.77. The van der Waals surface area contributed by atoms with E-state index in [1.807, 2.05) is 18.2 Å². The van der Waals surface area contributed by atoms with Crippen LogP contribution in [0.3, 0.4) is 0 Å². The van der Waals surface area contributed by atoms with Gasteiger partial charge in [-0.05, 0) is 36.6 Å². The summed E-state index contributed by atoms with van der Waals surface area (Å²) in [5.74, 6) is 1.22. The van der Waals surface area contributed by atoms with Crippen LogP contribution in [0.15, 0.2) is 36.4 Å². The van der Waals surface area contributed by atoms with Crippen molar-refractivity contribution in [2.24, 2.45) is 0 Å². The minimum absolute atomic E-state index is 0.427. The van der Waals surface area contributed by atoms with E-state index in [4.69, 9.17) is 27.9 Å². The minimum atomic E-state index is 0.427. The van der Waals surface area contributed by atoms with E-state index >= 15 is 0 Å². The van der Waals surface area contributed by atoms with Crippen molar-refractivity contribution in [3.05, 3.63) is 58.1 Å². The van der Waals surface area contributed by atoms with E-state index in [1.54, 1.807) is 12.1 Å². The van der Waals surface area contributed by atoms with Gasteiger partial charge in [-0.3, -0.25) is 0 Å². The summed E-state index contributed by atoms with van der Waals surface area (Å²) >= 11 is 12.1. The summed E-state index contributed by atoms with van der Waals surface area (Å²) in [7, 11) is 0. The molecule has 0 N–H and O–H groups in total. The molecule has 99 valence electrons. The summed E-state index contributed by atoms with van der Waals surface area (Å²) in [6.45, 7) is 2.18. The van der Waals surface area contributed by atoms with E-state index < -0.39 is 0 Å². The topological polar surface area (TPSA) is 9.23 Å². The van der Waals surface area contributed by atoms with Crippen molar-refractivity contribution >= 4 is 23.2 Å². The summed E-state index contributed by atoms with van der Waals surface area (Å²) in [5, 5.41) is 0.915. The Hall–Kier alpha value is -1.18. The second-order valence-corrected chi connectivity index (χ2v) is 5.10. The highest BCUT2D eigenvalue weighted by molar-refractivity contribution is 6.42. The van der Waals surface area contributed by atoms with Gasteiger partial charge in [0.25, 0.3) is 0 Å². The van der Waals surface area contributed by atoms with Gasteiger partial charge in [-0.15, -0.1) is 0 Å². The number of hydrogen-bond acceptors (Lipinski definition) is 1. The van der Waals surface area contributed by atoms with Crippen LogP contribution in [0.2, 0.25) is 10.0 Å². The highest BCUT2D eigenvalue weighted by Crippen LogP contribution is 2.34. The number of benzene rings is 2. The van der Waals surface area contributed by atoms with Gasteiger partial charge in [0.15, 0.2) is 0 Å². The first-order chi connectivity index (χ1) is 9.20. The minimum Gasteiger partial charge on any atom is -0.455 e. The largest absolute Gasteiger partial charge is 0.455 e. The van der Waals surface area contributed by atoms with E-state index in [2.05, 4.69) is 19.1 Å². The smallest absolute Gasteiger partial charge is 0.147 e. The fourth-order valence-corrected chi connectivity index (χ4v) is 2.10. The maximum atomic E-state index is 6.10. The van der Waals surface area contributed by atoms with Gasteiger partial charge in [-0.25, -0.2) is 0 Å². The Kier molecular flexibility index (Phi) is 5.12. The van der Waals surface area contributed by atoms with Gasteiger partial charge in [-0.1, -0.05) is 54.7 Å². The molecular formula is C16H15Cl2O. The SMILES string of the molecule is CCCCc1cc[c]c(Oc2cccc(Cl)c2Cl)c1. The van der Waals surface area contributed by atoms with Crippen molar-refractivity contribution in [2.45, 2.75) is 26.2 Å². The Labute approximate surface area is 124 Å². The predicted molar refractivity (Wildman–Crippen MR) is 80.4 cm³/mol. The quantitative estimate of drug-likeness (QED) is 0.664. The van der Waals surface area contributed by atoms with Crippen molar-refractivity contribution in [2.75, 3.05) is 0 Å². The zero-order valence-corrected chi connectivity index (χ0v) is 12.3. The molecule has 0 heterocycles. The first kappa shape index (κ1) is 14.2. The molecule has 0 saturated carbocycles. The molecule has 0 unspecified atom stereocenters. The molecule has 0 bridgehead atoms. The van der Waals surface area contributed by atoms with E-state index in [0.29, 0.717) is 21.5 Å². The number of aryl methyl sites for hydroxylation is 1. The zero-order valence-electron chi connectivity index (χ0n) is 10.7. The lowest BCUT2D eigenvalue weighted by atomic mass is 10.1. The van der Waals surface area contributed by atoms with E-state index in [9.17, 15) is 0 Å². The van der Waals surface area contributed by atoms with Gasteiger partial charge in [-0.2, -0.15) is 0 Å². The van der Waals surface area contributed by atoms with Crippen molar-refractivity contribution in [1.82, 2.24) is 0 Å².